The lowest BCUT2D eigenvalue weighted by Crippen LogP contribution is -2.21. The predicted octanol–water partition coefficient (Wildman–Crippen LogP) is 3.85. The maximum absolute atomic E-state index is 13.0. The average molecular weight is 382 g/mol. The third kappa shape index (κ3) is 5.63. The van der Waals surface area contributed by atoms with Crippen LogP contribution in [-0.4, -0.2) is 18.5 Å². The monoisotopic (exact) mass is 381 g/mol. The van der Waals surface area contributed by atoms with E-state index in [-0.39, 0.29) is 24.0 Å². The smallest absolute Gasteiger partial charge is 0.332 e. The van der Waals surface area contributed by atoms with E-state index in [1.165, 1.54) is 24.3 Å². The van der Waals surface area contributed by atoms with Crippen molar-refractivity contribution in [2.75, 3.05) is 6.61 Å². The molecule has 0 saturated heterocycles. The van der Waals surface area contributed by atoms with Crippen LogP contribution in [0.1, 0.15) is 30.2 Å². The Labute approximate surface area is 154 Å². The highest BCUT2D eigenvalue weighted by Crippen LogP contribution is 2.26. The van der Waals surface area contributed by atoms with E-state index < -0.39 is 17.7 Å². The van der Waals surface area contributed by atoms with E-state index in [4.69, 9.17) is 25.5 Å². The van der Waals surface area contributed by atoms with Crippen molar-refractivity contribution in [1.29, 1.82) is 0 Å². The number of carbonyl (C=O) groups excluding carboxylic acids is 2. The van der Waals surface area contributed by atoms with E-state index >= 15 is 0 Å². The van der Waals surface area contributed by atoms with Gasteiger partial charge in [-0.05, 0) is 44.2 Å². The van der Waals surface area contributed by atoms with Crippen LogP contribution in [0.4, 0.5) is 4.39 Å². The SMILES string of the molecule is CCOC(=O)/C=C(\C)NC(=O)c1ccc(COc2ccc(F)cc2Cl)o1. The second-order valence-electron chi connectivity index (χ2n) is 5.16. The highest BCUT2D eigenvalue weighted by Gasteiger charge is 2.13. The van der Waals surface area contributed by atoms with Crippen molar-refractivity contribution in [3.63, 3.8) is 0 Å². The van der Waals surface area contributed by atoms with E-state index in [0.29, 0.717) is 17.2 Å². The predicted molar refractivity (Wildman–Crippen MR) is 92.3 cm³/mol. The van der Waals surface area contributed by atoms with Gasteiger partial charge < -0.3 is 19.2 Å². The first kappa shape index (κ1) is 19.5. The summed E-state index contributed by atoms with van der Waals surface area (Å²) in [6.07, 6.45) is 1.17. The second kappa shape index (κ2) is 9.05. The summed E-state index contributed by atoms with van der Waals surface area (Å²) in [7, 11) is 0. The van der Waals surface area contributed by atoms with Crippen LogP contribution >= 0.6 is 11.6 Å². The second-order valence-corrected chi connectivity index (χ2v) is 5.57. The van der Waals surface area contributed by atoms with Crippen LogP contribution in [0.2, 0.25) is 5.02 Å². The van der Waals surface area contributed by atoms with Gasteiger partial charge >= 0.3 is 5.97 Å². The van der Waals surface area contributed by atoms with Gasteiger partial charge in [0.1, 0.15) is 23.9 Å². The summed E-state index contributed by atoms with van der Waals surface area (Å²) in [6, 6.07) is 6.80. The third-order valence-corrected chi connectivity index (χ3v) is 3.38. The number of allylic oxidation sites excluding steroid dienone is 1. The standard InChI is InChI=1S/C18H17ClFNO5/c1-3-24-17(22)8-11(2)21-18(23)16-7-5-13(26-16)10-25-15-6-4-12(20)9-14(15)19/h4-9H,3,10H2,1-2H3,(H,21,23)/b11-8+. The molecule has 0 aliphatic rings. The van der Waals surface area contributed by atoms with E-state index in [1.54, 1.807) is 19.9 Å². The number of esters is 1. The summed E-state index contributed by atoms with van der Waals surface area (Å²) >= 11 is 5.87. The molecule has 0 atom stereocenters. The lowest BCUT2D eigenvalue weighted by molar-refractivity contribution is -0.137. The van der Waals surface area contributed by atoms with Gasteiger partial charge in [0, 0.05) is 11.8 Å². The molecule has 0 bridgehead atoms. The summed E-state index contributed by atoms with van der Waals surface area (Å²) in [5, 5.41) is 2.65. The highest BCUT2D eigenvalue weighted by atomic mass is 35.5. The molecule has 6 nitrogen and oxygen atoms in total. The molecule has 0 fully saturated rings. The van der Waals surface area contributed by atoms with Gasteiger partial charge in [0.2, 0.25) is 0 Å². The Morgan fingerprint density at radius 1 is 1.31 bits per heavy atom. The van der Waals surface area contributed by atoms with Crippen molar-refractivity contribution < 1.29 is 27.9 Å². The maximum atomic E-state index is 13.0. The molecule has 1 aromatic carbocycles. The van der Waals surface area contributed by atoms with Crippen molar-refractivity contribution in [2.24, 2.45) is 0 Å². The molecular weight excluding hydrogens is 365 g/mol. The van der Waals surface area contributed by atoms with Crippen molar-refractivity contribution in [1.82, 2.24) is 5.32 Å². The van der Waals surface area contributed by atoms with E-state index in [2.05, 4.69) is 5.32 Å². The number of nitrogens with one attached hydrogen (secondary N) is 1. The Bertz CT molecular complexity index is 831. The van der Waals surface area contributed by atoms with Gasteiger partial charge in [-0.2, -0.15) is 0 Å². The van der Waals surface area contributed by atoms with Crippen molar-refractivity contribution in [3.05, 3.63) is 64.5 Å². The molecule has 2 aromatic rings. The number of amides is 1. The minimum Gasteiger partial charge on any atom is -0.484 e. The number of furan rings is 1. The first-order valence-corrected chi connectivity index (χ1v) is 8.09. The molecule has 8 heteroatoms. The Kier molecular flexibility index (Phi) is 6.80. The number of rotatable bonds is 7. The summed E-state index contributed by atoms with van der Waals surface area (Å²) in [5.41, 5.74) is 0.320. The first-order valence-electron chi connectivity index (χ1n) is 7.72. The number of hydrogen-bond donors (Lipinski definition) is 1. The zero-order valence-electron chi connectivity index (χ0n) is 14.2. The highest BCUT2D eigenvalue weighted by molar-refractivity contribution is 6.32. The molecule has 1 amide bonds. The number of ether oxygens (including phenoxy) is 2. The van der Waals surface area contributed by atoms with Crippen LogP contribution < -0.4 is 10.1 Å². The summed E-state index contributed by atoms with van der Waals surface area (Å²) in [5.74, 6) is -0.814. The Balaban J connectivity index is 1.94. The minimum atomic E-state index is -0.546. The molecule has 2 rings (SSSR count). The van der Waals surface area contributed by atoms with Crippen LogP contribution in [0.3, 0.4) is 0 Å². The molecule has 0 aliphatic carbocycles. The fourth-order valence-electron chi connectivity index (χ4n) is 1.96. The number of halogens is 2. The van der Waals surface area contributed by atoms with Gasteiger partial charge in [0.05, 0.1) is 11.6 Å². The lowest BCUT2D eigenvalue weighted by Gasteiger charge is -2.06. The van der Waals surface area contributed by atoms with Crippen LogP contribution in [-0.2, 0) is 16.1 Å². The van der Waals surface area contributed by atoms with Crippen LogP contribution in [0.25, 0.3) is 0 Å². The molecule has 1 N–H and O–H groups in total. The van der Waals surface area contributed by atoms with E-state index in [9.17, 15) is 14.0 Å². The normalized spacial score (nSPS) is 11.2. The largest absolute Gasteiger partial charge is 0.484 e. The van der Waals surface area contributed by atoms with Gasteiger partial charge in [-0.3, -0.25) is 4.79 Å². The summed E-state index contributed by atoms with van der Waals surface area (Å²) in [6.45, 7) is 3.50. The van der Waals surface area contributed by atoms with Gasteiger partial charge in [0.25, 0.3) is 5.91 Å². The zero-order valence-corrected chi connectivity index (χ0v) is 14.9. The molecule has 138 valence electrons. The molecule has 0 radical (unpaired) electrons. The molecule has 26 heavy (non-hydrogen) atoms. The van der Waals surface area contributed by atoms with Gasteiger partial charge in [0.15, 0.2) is 5.76 Å². The lowest BCUT2D eigenvalue weighted by atomic mass is 10.3. The zero-order chi connectivity index (χ0) is 19.1. The fourth-order valence-corrected chi connectivity index (χ4v) is 2.18. The molecule has 1 heterocycles. The Morgan fingerprint density at radius 3 is 2.77 bits per heavy atom. The van der Waals surface area contributed by atoms with Gasteiger partial charge in [-0.1, -0.05) is 11.6 Å². The van der Waals surface area contributed by atoms with Crippen molar-refractivity contribution in [3.8, 4) is 5.75 Å². The van der Waals surface area contributed by atoms with Crippen molar-refractivity contribution >= 4 is 23.5 Å². The Hall–Kier alpha value is -2.80. The maximum Gasteiger partial charge on any atom is 0.332 e. The number of benzene rings is 1. The Morgan fingerprint density at radius 2 is 2.08 bits per heavy atom. The summed E-state index contributed by atoms with van der Waals surface area (Å²) in [4.78, 5) is 23.4. The van der Waals surface area contributed by atoms with Crippen molar-refractivity contribution in [2.45, 2.75) is 20.5 Å². The molecular formula is C18H17ClFNO5. The molecule has 0 unspecified atom stereocenters. The number of hydrogen-bond acceptors (Lipinski definition) is 5. The molecule has 1 aromatic heterocycles. The van der Waals surface area contributed by atoms with Crippen LogP contribution in [0, 0.1) is 5.82 Å². The first-order chi connectivity index (χ1) is 12.4. The number of carbonyl (C=O) groups is 2. The third-order valence-electron chi connectivity index (χ3n) is 3.08. The molecule has 0 saturated carbocycles. The summed E-state index contributed by atoms with van der Waals surface area (Å²) < 4.78 is 28.6. The van der Waals surface area contributed by atoms with Gasteiger partial charge in [-0.15, -0.1) is 0 Å². The molecule has 0 spiro atoms. The topological polar surface area (TPSA) is 77.8 Å². The van der Waals surface area contributed by atoms with Gasteiger partial charge in [-0.25, -0.2) is 9.18 Å². The van der Waals surface area contributed by atoms with Crippen LogP contribution in [0.15, 0.2) is 46.5 Å². The van der Waals surface area contributed by atoms with E-state index in [1.807, 2.05) is 0 Å². The quantitative estimate of drug-likeness (QED) is 0.582. The molecule has 0 aliphatic heterocycles. The average Bonchev–Trinajstić information content (AvgIpc) is 3.03. The fraction of sp³-hybridized carbons (Fsp3) is 0.222. The van der Waals surface area contributed by atoms with E-state index in [0.717, 1.165) is 6.07 Å². The minimum absolute atomic E-state index is 0.0102. The van der Waals surface area contributed by atoms with Crippen LogP contribution in [0.5, 0.6) is 5.75 Å².